The maximum absolute atomic E-state index is 13.4. The van der Waals surface area contributed by atoms with Crippen LogP contribution in [-0.4, -0.2) is 31.8 Å². The normalized spacial score (nSPS) is 13.7. The summed E-state index contributed by atoms with van der Waals surface area (Å²) in [6, 6.07) is 2.98. The third-order valence-electron chi connectivity index (χ3n) is 2.61. The van der Waals surface area contributed by atoms with Gasteiger partial charge in [0, 0.05) is 6.07 Å². The van der Waals surface area contributed by atoms with E-state index < -0.39 is 23.1 Å². The number of nitrogens with one attached hydrogen (secondary N) is 1. The average molecular weight is 273 g/mol. The molecule has 0 aliphatic rings. The minimum atomic E-state index is -1.09. The van der Waals surface area contributed by atoms with E-state index in [1.807, 2.05) is 6.92 Å². The van der Waals surface area contributed by atoms with E-state index in [-0.39, 0.29) is 12.4 Å². The Morgan fingerprint density at radius 2 is 2.11 bits per heavy atom. The quantitative estimate of drug-likeness (QED) is 0.804. The largest absolute Gasteiger partial charge is 0.488 e. The molecule has 106 valence electrons. The lowest BCUT2D eigenvalue weighted by Gasteiger charge is -2.27. The van der Waals surface area contributed by atoms with E-state index in [0.717, 1.165) is 12.1 Å². The van der Waals surface area contributed by atoms with Crippen molar-refractivity contribution in [1.29, 1.82) is 0 Å². The molecule has 1 rings (SSSR count). The summed E-state index contributed by atoms with van der Waals surface area (Å²) >= 11 is 0. The monoisotopic (exact) mass is 273 g/mol. The number of esters is 1. The van der Waals surface area contributed by atoms with Crippen LogP contribution in [-0.2, 0) is 9.53 Å². The van der Waals surface area contributed by atoms with Gasteiger partial charge in [0.15, 0.2) is 11.6 Å². The summed E-state index contributed by atoms with van der Waals surface area (Å²) in [4.78, 5) is 11.7. The van der Waals surface area contributed by atoms with Gasteiger partial charge >= 0.3 is 5.97 Å². The summed E-state index contributed by atoms with van der Waals surface area (Å²) in [7, 11) is 1.26. The van der Waals surface area contributed by atoms with Crippen LogP contribution in [0.5, 0.6) is 5.75 Å². The second kappa shape index (κ2) is 6.47. The van der Waals surface area contributed by atoms with E-state index in [0.29, 0.717) is 6.54 Å². The van der Waals surface area contributed by atoms with Gasteiger partial charge in [0.05, 0.1) is 7.11 Å². The van der Waals surface area contributed by atoms with Crippen molar-refractivity contribution in [2.45, 2.75) is 19.4 Å². The summed E-state index contributed by atoms with van der Waals surface area (Å²) in [6.45, 7) is 3.79. The number of ether oxygens (including phenoxy) is 2. The van der Waals surface area contributed by atoms with E-state index in [9.17, 15) is 13.6 Å². The molecule has 1 unspecified atom stereocenters. The average Bonchev–Trinajstić information content (AvgIpc) is 2.37. The third kappa shape index (κ3) is 3.89. The second-order valence-corrected chi connectivity index (χ2v) is 4.22. The molecule has 0 spiro atoms. The van der Waals surface area contributed by atoms with Crippen LogP contribution in [0.4, 0.5) is 8.78 Å². The Balaban J connectivity index is 2.79. The molecular formula is C13H17F2NO3. The predicted octanol–water partition coefficient (Wildman–Crippen LogP) is 1.88. The van der Waals surface area contributed by atoms with Crippen LogP contribution < -0.4 is 10.1 Å². The Labute approximate surface area is 110 Å². The number of methoxy groups -OCH3 is 1. The van der Waals surface area contributed by atoms with Gasteiger partial charge in [0.2, 0.25) is 0 Å². The van der Waals surface area contributed by atoms with Crippen LogP contribution >= 0.6 is 0 Å². The fourth-order valence-corrected chi connectivity index (χ4v) is 1.61. The highest BCUT2D eigenvalue weighted by molar-refractivity contribution is 5.80. The summed E-state index contributed by atoms with van der Waals surface area (Å²) < 4.78 is 36.0. The molecule has 4 nitrogen and oxygen atoms in total. The fourth-order valence-electron chi connectivity index (χ4n) is 1.61. The summed E-state index contributed by atoms with van der Waals surface area (Å²) in [5.41, 5.74) is -1.09. The molecule has 1 aromatic rings. The number of rotatable bonds is 6. The smallest absolute Gasteiger partial charge is 0.329 e. The van der Waals surface area contributed by atoms with Gasteiger partial charge < -0.3 is 9.47 Å². The van der Waals surface area contributed by atoms with Gasteiger partial charge in [-0.1, -0.05) is 6.92 Å². The first kappa shape index (κ1) is 15.4. The lowest BCUT2D eigenvalue weighted by atomic mass is 10.0. The molecular weight excluding hydrogens is 256 g/mol. The zero-order valence-corrected chi connectivity index (χ0v) is 11.1. The molecule has 1 aromatic carbocycles. The first-order chi connectivity index (χ1) is 8.92. The van der Waals surface area contributed by atoms with Crippen LogP contribution in [0.1, 0.15) is 13.8 Å². The molecule has 0 aliphatic heterocycles. The van der Waals surface area contributed by atoms with Crippen molar-refractivity contribution in [3.8, 4) is 5.75 Å². The van der Waals surface area contributed by atoms with Crippen LogP contribution in [0, 0.1) is 11.6 Å². The minimum Gasteiger partial charge on any atom is -0.488 e. The van der Waals surface area contributed by atoms with Gasteiger partial charge in [0.1, 0.15) is 18.0 Å². The van der Waals surface area contributed by atoms with Crippen molar-refractivity contribution < 1.29 is 23.0 Å². The number of benzene rings is 1. The molecule has 0 amide bonds. The standard InChI is InChI=1S/C13H17F2NO3/c1-4-16-13(2,12(17)18-3)8-19-11-6-5-9(14)7-10(11)15/h5-7,16H,4,8H2,1-3H3. The summed E-state index contributed by atoms with van der Waals surface area (Å²) in [5, 5.41) is 2.91. The van der Waals surface area contributed by atoms with Gasteiger partial charge in [-0.3, -0.25) is 5.32 Å². The van der Waals surface area contributed by atoms with E-state index >= 15 is 0 Å². The molecule has 6 heteroatoms. The topological polar surface area (TPSA) is 47.6 Å². The first-order valence-corrected chi connectivity index (χ1v) is 5.84. The SMILES string of the molecule is CCNC(C)(COc1ccc(F)cc1F)C(=O)OC. The summed E-state index contributed by atoms with van der Waals surface area (Å²) in [6.07, 6.45) is 0. The highest BCUT2D eigenvalue weighted by atomic mass is 19.1. The lowest BCUT2D eigenvalue weighted by Crippen LogP contribution is -2.54. The molecule has 0 saturated carbocycles. The van der Waals surface area contributed by atoms with Gasteiger partial charge in [-0.25, -0.2) is 13.6 Å². The fraction of sp³-hybridized carbons (Fsp3) is 0.462. The van der Waals surface area contributed by atoms with Crippen molar-refractivity contribution in [3.05, 3.63) is 29.8 Å². The van der Waals surface area contributed by atoms with Crippen molar-refractivity contribution in [2.24, 2.45) is 0 Å². The second-order valence-electron chi connectivity index (χ2n) is 4.22. The van der Waals surface area contributed by atoms with Crippen LogP contribution in [0.25, 0.3) is 0 Å². The van der Waals surface area contributed by atoms with E-state index in [1.165, 1.54) is 13.2 Å². The molecule has 0 bridgehead atoms. The van der Waals surface area contributed by atoms with E-state index in [1.54, 1.807) is 6.92 Å². The zero-order chi connectivity index (χ0) is 14.5. The maximum atomic E-state index is 13.4. The van der Waals surface area contributed by atoms with Gasteiger partial charge in [0.25, 0.3) is 0 Å². The number of carbonyl (C=O) groups is 1. The Morgan fingerprint density at radius 1 is 1.42 bits per heavy atom. The molecule has 0 heterocycles. The first-order valence-electron chi connectivity index (χ1n) is 5.84. The molecule has 0 radical (unpaired) electrons. The molecule has 0 aliphatic carbocycles. The summed E-state index contributed by atoms with van der Waals surface area (Å²) in [5.74, 6) is -2.14. The number of halogens is 2. The van der Waals surface area contributed by atoms with E-state index in [4.69, 9.17) is 4.74 Å². The van der Waals surface area contributed by atoms with Crippen molar-refractivity contribution in [3.63, 3.8) is 0 Å². The van der Waals surface area contributed by atoms with Crippen molar-refractivity contribution >= 4 is 5.97 Å². The van der Waals surface area contributed by atoms with Crippen molar-refractivity contribution in [2.75, 3.05) is 20.3 Å². The molecule has 0 aromatic heterocycles. The lowest BCUT2D eigenvalue weighted by molar-refractivity contribution is -0.149. The Hall–Kier alpha value is -1.69. The van der Waals surface area contributed by atoms with Gasteiger partial charge in [-0.2, -0.15) is 0 Å². The van der Waals surface area contributed by atoms with Crippen LogP contribution in [0.2, 0.25) is 0 Å². The number of hydrogen-bond acceptors (Lipinski definition) is 4. The van der Waals surface area contributed by atoms with Gasteiger partial charge in [-0.15, -0.1) is 0 Å². The third-order valence-corrected chi connectivity index (χ3v) is 2.61. The molecule has 0 saturated heterocycles. The van der Waals surface area contributed by atoms with Crippen LogP contribution in [0.15, 0.2) is 18.2 Å². The highest BCUT2D eigenvalue weighted by Gasteiger charge is 2.34. The molecule has 19 heavy (non-hydrogen) atoms. The number of carbonyl (C=O) groups excluding carboxylic acids is 1. The minimum absolute atomic E-state index is 0.116. The van der Waals surface area contributed by atoms with E-state index in [2.05, 4.69) is 10.1 Å². The molecule has 1 atom stereocenters. The Kier molecular flexibility index (Phi) is 5.23. The molecule has 0 fully saturated rings. The highest BCUT2D eigenvalue weighted by Crippen LogP contribution is 2.19. The number of likely N-dealkylation sites (N-methyl/N-ethyl adjacent to an activating group) is 1. The molecule has 1 N–H and O–H groups in total. The zero-order valence-electron chi connectivity index (χ0n) is 11.1. The maximum Gasteiger partial charge on any atom is 0.329 e. The van der Waals surface area contributed by atoms with Crippen molar-refractivity contribution in [1.82, 2.24) is 5.32 Å². The number of hydrogen-bond donors (Lipinski definition) is 1. The Bertz CT molecular complexity index is 454. The van der Waals surface area contributed by atoms with Crippen LogP contribution in [0.3, 0.4) is 0 Å². The van der Waals surface area contributed by atoms with Gasteiger partial charge in [-0.05, 0) is 25.6 Å². The predicted molar refractivity (Wildman–Crippen MR) is 66.0 cm³/mol. The Morgan fingerprint density at radius 3 is 2.63 bits per heavy atom.